The lowest BCUT2D eigenvalue weighted by Crippen LogP contribution is -2.07. The van der Waals surface area contributed by atoms with Crippen LogP contribution in [0.25, 0.3) is 0 Å². The topological polar surface area (TPSA) is 43.4 Å². The third-order valence-electron chi connectivity index (χ3n) is 1.84. The third kappa shape index (κ3) is 3.48. The Balaban J connectivity index is 2.83. The van der Waals surface area contributed by atoms with Crippen LogP contribution in [0.3, 0.4) is 0 Å². The van der Waals surface area contributed by atoms with Crippen LogP contribution in [0.15, 0.2) is 29.2 Å². The Morgan fingerprint density at radius 1 is 1.33 bits per heavy atom. The molecule has 84 valence electrons. The van der Waals surface area contributed by atoms with Gasteiger partial charge in [-0.1, -0.05) is 37.1 Å². The highest BCUT2D eigenvalue weighted by Crippen LogP contribution is 2.22. The van der Waals surface area contributed by atoms with Crippen molar-refractivity contribution in [1.29, 1.82) is 0 Å². The van der Waals surface area contributed by atoms with Gasteiger partial charge in [-0.25, -0.2) is 0 Å². The highest BCUT2D eigenvalue weighted by atomic mass is 35.5. The molecule has 0 unspecified atom stereocenters. The summed E-state index contributed by atoms with van der Waals surface area (Å²) in [6, 6.07) is 6.25. The number of rotatable bonds is 5. The molecule has 0 saturated heterocycles. The fraction of sp³-hybridized carbons (Fsp3) is 0.400. The molecule has 0 saturated carbocycles. The molecule has 15 heavy (non-hydrogen) atoms. The third-order valence-corrected chi connectivity index (χ3v) is 3.66. The van der Waals surface area contributed by atoms with E-state index in [1.165, 1.54) is 12.1 Å². The van der Waals surface area contributed by atoms with Gasteiger partial charge in [-0.05, 0) is 18.6 Å². The summed E-state index contributed by atoms with van der Waals surface area (Å²) in [5.41, 5.74) is 0. The minimum atomic E-state index is -3.70. The molecule has 0 aliphatic rings. The van der Waals surface area contributed by atoms with Gasteiger partial charge in [0.05, 0.1) is 11.6 Å². The lowest BCUT2D eigenvalue weighted by molar-refractivity contribution is 0.311. The van der Waals surface area contributed by atoms with E-state index in [1.54, 1.807) is 12.1 Å². The molecule has 0 fully saturated rings. The van der Waals surface area contributed by atoms with E-state index in [4.69, 9.17) is 15.8 Å². The molecular weight excluding hydrogens is 236 g/mol. The summed E-state index contributed by atoms with van der Waals surface area (Å²) >= 11 is 5.76. The average molecular weight is 249 g/mol. The molecule has 0 aliphatic heterocycles. The van der Waals surface area contributed by atoms with Gasteiger partial charge in [0, 0.05) is 0 Å². The Kier molecular flexibility index (Phi) is 4.57. The average Bonchev–Trinajstić information content (AvgIpc) is 2.18. The van der Waals surface area contributed by atoms with Gasteiger partial charge in [0.2, 0.25) is 0 Å². The lowest BCUT2D eigenvalue weighted by atomic mass is 10.4. The smallest absolute Gasteiger partial charge is 0.266 e. The first kappa shape index (κ1) is 12.5. The summed E-state index contributed by atoms with van der Waals surface area (Å²) < 4.78 is 28.1. The predicted molar refractivity (Wildman–Crippen MR) is 59.5 cm³/mol. The summed E-state index contributed by atoms with van der Waals surface area (Å²) in [7, 11) is -3.70. The minimum Gasteiger partial charge on any atom is -0.266 e. The Bertz CT molecular complexity index is 414. The Hall–Kier alpha value is -0.580. The summed E-state index contributed by atoms with van der Waals surface area (Å²) in [6.07, 6.45) is 1.60. The summed E-state index contributed by atoms with van der Waals surface area (Å²) in [5, 5.41) is 0.189. The maximum Gasteiger partial charge on any atom is 0.298 e. The molecule has 0 spiro atoms. The molecule has 1 rings (SSSR count). The molecule has 0 amide bonds. The standard InChI is InChI=1S/C10H13ClO3S/c1-2-3-8-14-15(12,13)10-7-5-4-6-9(10)11/h4-7H,2-3,8H2,1H3. The van der Waals surface area contributed by atoms with Gasteiger partial charge in [0.1, 0.15) is 4.90 Å². The van der Waals surface area contributed by atoms with Crippen molar-refractivity contribution < 1.29 is 12.6 Å². The molecule has 0 aliphatic carbocycles. The summed E-state index contributed by atoms with van der Waals surface area (Å²) in [4.78, 5) is 0.0303. The van der Waals surface area contributed by atoms with Crippen molar-refractivity contribution in [1.82, 2.24) is 0 Å². The molecule has 5 heteroatoms. The normalized spacial score (nSPS) is 11.6. The molecule has 0 heterocycles. The SMILES string of the molecule is CCCCOS(=O)(=O)c1ccccc1Cl. The fourth-order valence-electron chi connectivity index (χ4n) is 1.02. The largest absolute Gasteiger partial charge is 0.298 e. The molecule has 0 aromatic heterocycles. The van der Waals surface area contributed by atoms with Gasteiger partial charge < -0.3 is 0 Å². The highest BCUT2D eigenvalue weighted by molar-refractivity contribution is 7.86. The first-order valence-electron chi connectivity index (χ1n) is 4.72. The lowest BCUT2D eigenvalue weighted by Gasteiger charge is -2.05. The van der Waals surface area contributed by atoms with Gasteiger partial charge in [-0.3, -0.25) is 4.18 Å². The van der Waals surface area contributed by atoms with Gasteiger partial charge >= 0.3 is 0 Å². The van der Waals surface area contributed by atoms with Crippen molar-refractivity contribution in [2.75, 3.05) is 6.61 Å². The van der Waals surface area contributed by atoms with Crippen LogP contribution in [0.1, 0.15) is 19.8 Å². The van der Waals surface area contributed by atoms with Crippen molar-refractivity contribution >= 4 is 21.7 Å². The molecule has 1 aromatic carbocycles. The Labute approximate surface area is 95.1 Å². The first-order chi connectivity index (χ1) is 7.08. The van der Waals surface area contributed by atoms with E-state index in [9.17, 15) is 8.42 Å². The van der Waals surface area contributed by atoms with Crippen molar-refractivity contribution in [3.8, 4) is 0 Å². The van der Waals surface area contributed by atoms with Crippen molar-refractivity contribution in [2.45, 2.75) is 24.7 Å². The number of halogens is 1. The van der Waals surface area contributed by atoms with Crippen molar-refractivity contribution in [2.24, 2.45) is 0 Å². The van der Waals surface area contributed by atoms with E-state index < -0.39 is 10.1 Å². The van der Waals surface area contributed by atoms with Crippen LogP contribution in [-0.4, -0.2) is 15.0 Å². The Morgan fingerprint density at radius 3 is 2.60 bits per heavy atom. The Morgan fingerprint density at radius 2 is 2.00 bits per heavy atom. The van der Waals surface area contributed by atoms with E-state index in [0.717, 1.165) is 6.42 Å². The maximum atomic E-state index is 11.6. The predicted octanol–water partition coefficient (Wildman–Crippen LogP) is 2.85. The van der Waals surface area contributed by atoms with Crippen molar-refractivity contribution in [3.63, 3.8) is 0 Å². The molecule has 0 atom stereocenters. The zero-order valence-corrected chi connectivity index (χ0v) is 10.0. The van der Waals surface area contributed by atoms with E-state index in [-0.39, 0.29) is 16.5 Å². The second-order valence-electron chi connectivity index (χ2n) is 3.06. The second-order valence-corrected chi connectivity index (χ2v) is 5.05. The number of unbranched alkanes of at least 4 members (excludes halogenated alkanes) is 1. The highest BCUT2D eigenvalue weighted by Gasteiger charge is 2.17. The van der Waals surface area contributed by atoms with Gasteiger partial charge in [0.25, 0.3) is 10.1 Å². The first-order valence-corrected chi connectivity index (χ1v) is 6.50. The van der Waals surface area contributed by atoms with Crippen LogP contribution in [0.4, 0.5) is 0 Å². The maximum absolute atomic E-state index is 11.6. The zero-order chi connectivity index (χ0) is 11.3. The van der Waals surface area contributed by atoms with Crippen LogP contribution < -0.4 is 0 Å². The van der Waals surface area contributed by atoms with E-state index in [0.29, 0.717) is 6.42 Å². The van der Waals surface area contributed by atoms with Gasteiger partial charge in [-0.2, -0.15) is 8.42 Å². The summed E-state index contributed by atoms with van der Waals surface area (Å²) in [6.45, 7) is 2.16. The number of hydrogen-bond donors (Lipinski definition) is 0. The van der Waals surface area contributed by atoms with Crippen LogP contribution in [0, 0.1) is 0 Å². The van der Waals surface area contributed by atoms with E-state index in [1.807, 2.05) is 6.92 Å². The quantitative estimate of drug-likeness (QED) is 0.595. The zero-order valence-electron chi connectivity index (χ0n) is 8.44. The van der Waals surface area contributed by atoms with Crippen LogP contribution in [0.5, 0.6) is 0 Å². The van der Waals surface area contributed by atoms with Gasteiger partial charge in [-0.15, -0.1) is 0 Å². The molecule has 3 nitrogen and oxygen atoms in total. The molecule has 0 radical (unpaired) electrons. The van der Waals surface area contributed by atoms with Crippen LogP contribution in [0.2, 0.25) is 5.02 Å². The second kappa shape index (κ2) is 5.49. The molecule has 0 N–H and O–H groups in total. The van der Waals surface area contributed by atoms with Crippen LogP contribution in [-0.2, 0) is 14.3 Å². The van der Waals surface area contributed by atoms with E-state index >= 15 is 0 Å². The van der Waals surface area contributed by atoms with Gasteiger partial charge in [0.15, 0.2) is 0 Å². The minimum absolute atomic E-state index is 0.0303. The molecule has 1 aromatic rings. The molecule has 0 bridgehead atoms. The fourth-order valence-corrected chi connectivity index (χ4v) is 2.46. The number of benzene rings is 1. The van der Waals surface area contributed by atoms with Crippen LogP contribution >= 0.6 is 11.6 Å². The number of hydrogen-bond acceptors (Lipinski definition) is 3. The monoisotopic (exact) mass is 248 g/mol. The van der Waals surface area contributed by atoms with Crippen molar-refractivity contribution in [3.05, 3.63) is 29.3 Å². The molecular formula is C10H13ClO3S. The van der Waals surface area contributed by atoms with E-state index in [2.05, 4.69) is 0 Å². The summed E-state index contributed by atoms with van der Waals surface area (Å²) in [5.74, 6) is 0.